The summed E-state index contributed by atoms with van der Waals surface area (Å²) in [6.45, 7) is 2.20. The van der Waals surface area contributed by atoms with Crippen molar-refractivity contribution < 1.29 is 53.3 Å². The molecule has 17 nitrogen and oxygen atoms in total. The number of benzene rings is 1. The first-order chi connectivity index (χ1) is 23.3. The van der Waals surface area contributed by atoms with Gasteiger partial charge in [0.2, 0.25) is 6.10 Å². The number of oxime groups is 1. The molecule has 20 heteroatoms. The van der Waals surface area contributed by atoms with Crippen molar-refractivity contribution in [3.8, 4) is 11.5 Å². The van der Waals surface area contributed by atoms with Crippen molar-refractivity contribution in [3.63, 3.8) is 0 Å². The fraction of sp³-hybridized carbons (Fsp3) is 0.207. The highest BCUT2D eigenvalue weighted by Gasteiger charge is 2.54. The number of hydrogen-bond donors (Lipinski definition) is 4. The molecule has 5 rings (SSSR count). The van der Waals surface area contributed by atoms with E-state index < -0.39 is 58.9 Å². The van der Waals surface area contributed by atoms with Crippen LogP contribution >= 0.6 is 34.4 Å². The Bertz CT molecular complexity index is 1940. The number of carbonyl (C=O) groups is 6. The molecule has 2 aliphatic rings. The summed E-state index contributed by atoms with van der Waals surface area (Å²) >= 11 is 3.53. The van der Waals surface area contributed by atoms with Gasteiger partial charge in [-0.3, -0.25) is 29.1 Å². The monoisotopic (exact) mass is 728 g/mol. The molecular weight excluding hydrogens is 705 g/mol. The predicted molar refractivity (Wildman–Crippen MR) is 174 cm³/mol. The summed E-state index contributed by atoms with van der Waals surface area (Å²) in [7, 11) is 0. The number of thioether (sulfide) groups is 1. The first-order valence-corrected chi connectivity index (χ1v) is 16.6. The van der Waals surface area contributed by atoms with Crippen LogP contribution in [-0.4, -0.2) is 83.7 Å². The van der Waals surface area contributed by atoms with E-state index >= 15 is 0 Å². The van der Waals surface area contributed by atoms with Gasteiger partial charge in [0, 0.05) is 41.6 Å². The zero-order chi connectivity index (χ0) is 35.4. The van der Waals surface area contributed by atoms with Crippen LogP contribution in [-0.2, 0) is 33.6 Å². The molecule has 0 bridgehead atoms. The number of fused-ring (bicyclic) bond motifs is 1. The quantitative estimate of drug-likeness (QED) is 0.0685. The third kappa shape index (κ3) is 7.77. The van der Waals surface area contributed by atoms with Gasteiger partial charge in [0.15, 0.2) is 22.3 Å². The summed E-state index contributed by atoms with van der Waals surface area (Å²) in [5.41, 5.74) is 6.80. The van der Waals surface area contributed by atoms with Crippen LogP contribution in [0.1, 0.15) is 36.1 Å². The summed E-state index contributed by atoms with van der Waals surface area (Å²) in [6, 6.07) is 2.32. The number of esters is 2. The number of allylic oxidation sites excluding steroid dienone is 1. The number of nitrogens with two attached hydrogens (primary N) is 1. The Balaban J connectivity index is 1.39. The molecule has 49 heavy (non-hydrogen) atoms. The normalized spacial score (nSPS) is 18.0. The number of nitrogen functional groups attached to an aromatic ring is 1. The fourth-order valence-electron chi connectivity index (χ4n) is 4.59. The maximum atomic E-state index is 13.6. The molecular formula is C29H24N6O11S3. The molecule has 4 heterocycles. The second-order valence-electron chi connectivity index (χ2n) is 10.0. The van der Waals surface area contributed by atoms with Gasteiger partial charge in [-0.1, -0.05) is 17.3 Å². The Morgan fingerprint density at radius 1 is 1.10 bits per heavy atom. The summed E-state index contributed by atoms with van der Waals surface area (Å²) in [6.07, 6.45) is 3.03. The van der Waals surface area contributed by atoms with E-state index in [0.717, 1.165) is 41.0 Å². The highest BCUT2D eigenvalue weighted by molar-refractivity contribution is 8.00. The van der Waals surface area contributed by atoms with Crippen molar-refractivity contribution in [2.24, 2.45) is 5.16 Å². The zero-order valence-corrected chi connectivity index (χ0v) is 27.7. The van der Waals surface area contributed by atoms with Gasteiger partial charge in [0.05, 0.1) is 5.51 Å². The number of carbonyl (C=O) groups excluding carboxylic acids is 4. The highest BCUT2D eigenvalue weighted by Crippen LogP contribution is 2.41. The Labute approximate surface area is 288 Å². The lowest BCUT2D eigenvalue weighted by atomic mass is 10.0. The molecule has 1 aromatic carbocycles. The number of amides is 2. The van der Waals surface area contributed by atoms with Crippen LogP contribution in [0.4, 0.5) is 5.13 Å². The van der Waals surface area contributed by atoms with E-state index in [0.29, 0.717) is 5.57 Å². The van der Waals surface area contributed by atoms with Gasteiger partial charge in [-0.15, -0.1) is 34.4 Å². The molecule has 2 amide bonds. The standard InChI is InChI=1S/C29H24N6O11S3/c1-12(36)44-18-6-4-14(7-19(18)45-13(2)37)23(28(42)43)46-34-20(17-10-48-29(30)32-17)24(38)33-21-25(39)35-22(27(40)41)15(9-47-26(21)35)3-5-16-8-31-11-49-16/h3-8,10-11,21,23,26H,9H2,1-2H3,(H2,30,32)(H,33,38)(H,40,41)(H,42,43)/b5-3?,34-20+/t21-,23?,26-/m1/s1. The number of nitrogens with one attached hydrogen (secondary N) is 1. The predicted octanol–water partition coefficient (Wildman–Crippen LogP) is 2.03. The van der Waals surface area contributed by atoms with E-state index in [2.05, 4.69) is 20.4 Å². The molecule has 1 unspecified atom stereocenters. The van der Waals surface area contributed by atoms with Crippen LogP contribution < -0.4 is 20.5 Å². The summed E-state index contributed by atoms with van der Waals surface area (Å²) < 4.78 is 10.1. The lowest BCUT2D eigenvalue weighted by Gasteiger charge is -2.49. The minimum absolute atomic E-state index is 0.0428. The third-order valence-electron chi connectivity index (χ3n) is 6.62. The van der Waals surface area contributed by atoms with Crippen molar-refractivity contribution in [1.82, 2.24) is 20.2 Å². The Kier molecular flexibility index (Phi) is 10.4. The molecule has 254 valence electrons. The van der Waals surface area contributed by atoms with Crippen LogP contribution in [0.15, 0.2) is 57.8 Å². The van der Waals surface area contributed by atoms with Crippen molar-refractivity contribution in [2.75, 3.05) is 11.5 Å². The number of thiazole rings is 2. The van der Waals surface area contributed by atoms with Gasteiger partial charge >= 0.3 is 23.9 Å². The van der Waals surface area contributed by atoms with Crippen LogP contribution in [0.25, 0.3) is 6.08 Å². The van der Waals surface area contributed by atoms with E-state index in [-0.39, 0.29) is 39.3 Å². The number of hydrogen-bond acceptors (Lipinski definition) is 16. The summed E-state index contributed by atoms with van der Waals surface area (Å²) in [5.74, 6) is -6.31. The lowest BCUT2D eigenvalue weighted by Crippen LogP contribution is -2.71. The first-order valence-electron chi connectivity index (χ1n) is 13.8. The molecule has 3 aromatic rings. The molecule has 1 saturated heterocycles. The Morgan fingerprint density at radius 2 is 1.84 bits per heavy atom. The molecule has 0 radical (unpaired) electrons. The number of aliphatic carboxylic acids is 2. The third-order valence-corrected chi connectivity index (χ3v) is 9.34. The average molecular weight is 729 g/mol. The van der Waals surface area contributed by atoms with Crippen molar-refractivity contribution in [2.45, 2.75) is 31.4 Å². The van der Waals surface area contributed by atoms with E-state index in [1.165, 1.54) is 40.6 Å². The van der Waals surface area contributed by atoms with Crippen LogP contribution in [0, 0.1) is 0 Å². The van der Waals surface area contributed by atoms with E-state index in [1.807, 2.05) is 0 Å². The second-order valence-corrected chi connectivity index (χ2v) is 12.9. The summed E-state index contributed by atoms with van der Waals surface area (Å²) in [4.78, 5) is 89.5. The topological polar surface area (TPSA) is 250 Å². The molecule has 0 saturated carbocycles. The lowest BCUT2D eigenvalue weighted by molar-refractivity contribution is -0.151. The fourth-order valence-corrected chi connectivity index (χ4v) is 6.97. The number of carboxylic acid groups (broad SMARTS) is 2. The number of β-lactam (4-membered cyclic amide) rings is 1. The minimum atomic E-state index is -1.88. The molecule has 5 N–H and O–H groups in total. The molecule has 0 spiro atoms. The Morgan fingerprint density at radius 3 is 2.45 bits per heavy atom. The number of aromatic nitrogens is 2. The molecule has 3 atom stereocenters. The van der Waals surface area contributed by atoms with E-state index in [9.17, 15) is 39.0 Å². The summed E-state index contributed by atoms with van der Waals surface area (Å²) in [5, 5.41) is 26.8. The maximum Gasteiger partial charge on any atom is 0.352 e. The maximum absolute atomic E-state index is 13.6. The van der Waals surface area contributed by atoms with Crippen LogP contribution in [0.5, 0.6) is 11.5 Å². The van der Waals surface area contributed by atoms with Crippen molar-refractivity contribution >= 4 is 87.0 Å². The van der Waals surface area contributed by atoms with Gasteiger partial charge in [-0.25, -0.2) is 14.6 Å². The van der Waals surface area contributed by atoms with E-state index in [4.69, 9.17) is 20.0 Å². The van der Waals surface area contributed by atoms with E-state index in [1.54, 1.807) is 23.9 Å². The first kappa shape index (κ1) is 34.7. The van der Waals surface area contributed by atoms with Crippen LogP contribution in [0.3, 0.4) is 0 Å². The molecule has 2 aliphatic heterocycles. The Hall–Kier alpha value is -5.60. The second kappa shape index (κ2) is 14.7. The van der Waals surface area contributed by atoms with Crippen molar-refractivity contribution in [1.29, 1.82) is 0 Å². The van der Waals surface area contributed by atoms with Crippen LogP contribution in [0.2, 0.25) is 0 Å². The van der Waals surface area contributed by atoms with Gasteiger partial charge in [-0.2, -0.15) is 0 Å². The average Bonchev–Trinajstić information content (AvgIpc) is 3.72. The number of nitrogens with zero attached hydrogens (tertiary/aromatic N) is 4. The number of carboxylic acids is 2. The van der Waals surface area contributed by atoms with Gasteiger partial charge in [0.25, 0.3) is 11.8 Å². The minimum Gasteiger partial charge on any atom is -0.478 e. The van der Waals surface area contributed by atoms with Crippen molar-refractivity contribution in [3.05, 3.63) is 68.8 Å². The highest BCUT2D eigenvalue weighted by atomic mass is 32.2. The number of rotatable bonds is 12. The molecule has 0 aliphatic carbocycles. The van der Waals surface area contributed by atoms with Gasteiger partial charge in [-0.05, 0) is 23.8 Å². The largest absolute Gasteiger partial charge is 0.478 e. The molecule has 2 aromatic heterocycles. The molecule has 1 fully saturated rings. The van der Waals surface area contributed by atoms with Gasteiger partial charge in [0.1, 0.15) is 22.8 Å². The smallest absolute Gasteiger partial charge is 0.352 e. The SMILES string of the molecule is CC(=O)Oc1ccc(C(O/N=C(/C(=O)N[C@@H]2C(=O)N3C(C(=O)O)=C(C=Cc4cncs4)CS[C@H]23)c2csc(N)n2)C(=O)O)cc1OC(C)=O. The zero-order valence-electron chi connectivity index (χ0n) is 25.2. The van der Waals surface area contributed by atoms with Gasteiger partial charge < -0.3 is 35.6 Å². The number of anilines is 1. The number of ether oxygens (including phenoxy) is 2.